The van der Waals surface area contributed by atoms with Gasteiger partial charge in [-0.3, -0.25) is 14.5 Å². The van der Waals surface area contributed by atoms with E-state index < -0.39 is 11.8 Å². The van der Waals surface area contributed by atoms with E-state index in [0.717, 1.165) is 4.90 Å². The third-order valence-electron chi connectivity index (χ3n) is 2.28. The van der Waals surface area contributed by atoms with Gasteiger partial charge in [0.1, 0.15) is 5.75 Å². The number of aliphatic hydroxyl groups is 1. The van der Waals surface area contributed by atoms with Crippen LogP contribution in [0.1, 0.15) is 20.7 Å². The summed E-state index contributed by atoms with van der Waals surface area (Å²) < 4.78 is 0. The highest BCUT2D eigenvalue weighted by molar-refractivity contribution is 6.21. The fraction of sp³-hybridized carbons (Fsp3) is 0.200. The molecule has 1 aromatic carbocycles. The molecule has 2 rings (SSSR count). The van der Waals surface area contributed by atoms with Gasteiger partial charge in [0, 0.05) is 0 Å². The van der Waals surface area contributed by atoms with Gasteiger partial charge in [-0.15, -0.1) is 0 Å². The summed E-state index contributed by atoms with van der Waals surface area (Å²) in [7, 11) is 0. The minimum absolute atomic E-state index is 0.0207. The number of phenolic OH excluding ortho intramolecular Hbond substituents is 1. The summed E-state index contributed by atoms with van der Waals surface area (Å²) >= 11 is 0. The molecule has 5 heteroatoms. The third-order valence-corrected chi connectivity index (χ3v) is 2.28. The van der Waals surface area contributed by atoms with Crippen molar-refractivity contribution in [3.63, 3.8) is 0 Å². The Morgan fingerprint density at radius 2 is 1.80 bits per heavy atom. The first-order chi connectivity index (χ1) is 7.15. The first kappa shape index (κ1) is 9.67. The summed E-state index contributed by atoms with van der Waals surface area (Å²) in [4.78, 5) is 24.2. The van der Waals surface area contributed by atoms with Crippen molar-refractivity contribution in [1.29, 1.82) is 0 Å². The number of imide groups is 1. The number of aromatic hydroxyl groups is 1. The zero-order valence-electron chi connectivity index (χ0n) is 7.80. The Hall–Kier alpha value is -1.88. The first-order valence-corrected chi connectivity index (χ1v) is 4.45. The number of amides is 2. The highest BCUT2D eigenvalue weighted by atomic mass is 16.3. The topological polar surface area (TPSA) is 77.8 Å². The number of fused-ring (bicyclic) bond motifs is 1. The molecule has 15 heavy (non-hydrogen) atoms. The van der Waals surface area contributed by atoms with Crippen LogP contribution in [0.15, 0.2) is 18.2 Å². The molecule has 1 heterocycles. The average molecular weight is 207 g/mol. The Balaban J connectivity index is 2.46. The summed E-state index contributed by atoms with van der Waals surface area (Å²) in [6, 6.07) is 4.02. The Kier molecular flexibility index (Phi) is 2.17. The van der Waals surface area contributed by atoms with E-state index in [9.17, 15) is 14.7 Å². The van der Waals surface area contributed by atoms with E-state index in [2.05, 4.69) is 0 Å². The molecule has 1 aliphatic heterocycles. The Labute approximate surface area is 85.6 Å². The lowest BCUT2D eigenvalue weighted by molar-refractivity contribution is 0.0624. The van der Waals surface area contributed by atoms with Crippen LogP contribution in [0.5, 0.6) is 5.75 Å². The van der Waals surface area contributed by atoms with Crippen molar-refractivity contribution in [2.75, 3.05) is 13.2 Å². The minimum Gasteiger partial charge on any atom is -0.508 e. The number of rotatable bonds is 2. The van der Waals surface area contributed by atoms with Gasteiger partial charge in [0.2, 0.25) is 0 Å². The van der Waals surface area contributed by atoms with Crippen molar-refractivity contribution < 1.29 is 19.8 Å². The SMILES string of the molecule is O=C1c2ccc(O)cc2C(=O)N1CCO. The van der Waals surface area contributed by atoms with Crippen LogP contribution in [0.3, 0.4) is 0 Å². The van der Waals surface area contributed by atoms with Crippen molar-refractivity contribution in [2.45, 2.75) is 0 Å². The van der Waals surface area contributed by atoms with Gasteiger partial charge in [0.15, 0.2) is 0 Å². The van der Waals surface area contributed by atoms with Gasteiger partial charge in [0.05, 0.1) is 24.3 Å². The van der Waals surface area contributed by atoms with Crippen LogP contribution in [0.25, 0.3) is 0 Å². The highest BCUT2D eigenvalue weighted by Crippen LogP contribution is 2.25. The quantitative estimate of drug-likeness (QED) is 0.668. The number of phenols is 1. The van der Waals surface area contributed by atoms with E-state index >= 15 is 0 Å². The van der Waals surface area contributed by atoms with E-state index in [1.807, 2.05) is 0 Å². The number of β-amino-alcohol motifs (C(OH)–C–C–N with tert-alkyl or cyclic N) is 1. The molecule has 0 atom stereocenters. The molecule has 0 spiro atoms. The van der Waals surface area contributed by atoms with Gasteiger partial charge in [0.25, 0.3) is 11.8 Å². The van der Waals surface area contributed by atoms with E-state index in [1.54, 1.807) is 0 Å². The molecule has 0 aromatic heterocycles. The van der Waals surface area contributed by atoms with Crippen LogP contribution < -0.4 is 0 Å². The lowest BCUT2D eigenvalue weighted by atomic mass is 10.1. The second-order valence-corrected chi connectivity index (χ2v) is 3.22. The van der Waals surface area contributed by atoms with Gasteiger partial charge in [-0.05, 0) is 18.2 Å². The standard InChI is InChI=1S/C10H9NO4/c12-4-3-11-9(14)7-2-1-6(13)5-8(7)10(11)15/h1-2,5,12-13H,3-4H2. The van der Waals surface area contributed by atoms with Crippen LogP contribution in [0, 0.1) is 0 Å². The largest absolute Gasteiger partial charge is 0.508 e. The first-order valence-electron chi connectivity index (χ1n) is 4.45. The summed E-state index contributed by atoms with van der Waals surface area (Å²) in [5, 5.41) is 17.9. The second kappa shape index (κ2) is 3.36. The second-order valence-electron chi connectivity index (χ2n) is 3.22. The van der Waals surface area contributed by atoms with Crippen molar-refractivity contribution in [3.05, 3.63) is 29.3 Å². The number of carbonyl (C=O) groups is 2. The molecule has 0 aliphatic carbocycles. The maximum Gasteiger partial charge on any atom is 0.261 e. The average Bonchev–Trinajstić information content (AvgIpc) is 2.44. The van der Waals surface area contributed by atoms with Crippen LogP contribution in [0.4, 0.5) is 0 Å². The molecule has 0 fully saturated rings. The maximum absolute atomic E-state index is 11.6. The molecule has 0 bridgehead atoms. The van der Waals surface area contributed by atoms with Crippen LogP contribution >= 0.6 is 0 Å². The van der Waals surface area contributed by atoms with Crippen LogP contribution in [-0.2, 0) is 0 Å². The summed E-state index contributed by atoms with van der Waals surface area (Å²) in [6.07, 6.45) is 0. The Morgan fingerprint density at radius 1 is 1.13 bits per heavy atom. The number of aliphatic hydroxyl groups excluding tert-OH is 1. The number of nitrogens with zero attached hydrogens (tertiary/aromatic N) is 1. The molecule has 0 radical (unpaired) electrons. The van der Waals surface area contributed by atoms with Crippen molar-refractivity contribution in [1.82, 2.24) is 4.90 Å². The van der Waals surface area contributed by atoms with Crippen molar-refractivity contribution in [2.24, 2.45) is 0 Å². The summed E-state index contributed by atoms with van der Waals surface area (Å²) in [5.74, 6) is -0.954. The van der Waals surface area contributed by atoms with Gasteiger partial charge in [-0.1, -0.05) is 0 Å². The van der Waals surface area contributed by atoms with Gasteiger partial charge in [-0.25, -0.2) is 0 Å². The fourth-order valence-corrected chi connectivity index (χ4v) is 1.58. The third kappa shape index (κ3) is 1.37. The lowest BCUT2D eigenvalue weighted by Gasteiger charge is -2.10. The van der Waals surface area contributed by atoms with Gasteiger partial charge < -0.3 is 10.2 Å². The molecule has 2 N–H and O–H groups in total. The zero-order valence-corrected chi connectivity index (χ0v) is 7.80. The monoisotopic (exact) mass is 207 g/mol. The van der Waals surface area contributed by atoms with Gasteiger partial charge in [-0.2, -0.15) is 0 Å². The van der Waals surface area contributed by atoms with E-state index in [1.165, 1.54) is 18.2 Å². The molecule has 0 unspecified atom stereocenters. The van der Waals surface area contributed by atoms with E-state index in [4.69, 9.17) is 5.11 Å². The zero-order chi connectivity index (χ0) is 11.0. The fourth-order valence-electron chi connectivity index (χ4n) is 1.58. The van der Waals surface area contributed by atoms with Crippen molar-refractivity contribution >= 4 is 11.8 Å². The van der Waals surface area contributed by atoms with E-state index in [-0.39, 0.29) is 30.0 Å². The molecule has 0 saturated heterocycles. The van der Waals surface area contributed by atoms with E-state index in [0.29, 0.717) is 0 Å². The molecule has 1 aromatic rings. The molecule has 2 amide bonds. The summed E-state index contributed by atoms with van der Waals surface area (Å²) in [5.41, 5.74) is 0.458. The Morgan fingerprint density at radius 3 is 2.47 bits per heavy atom. The smallest absolute Gasteiger partial charge is 0.261 e. The number of hydrogen-bond acceptors (Lipinski definition) is 4. The predicted molar refractivity (Wildman–Crippen MR) is 50.6 cm³/mol. The summed E-state index contributed by atoms with van der Waals surface area (Å²) in [6.45, 7) is -0.287. The molecule has 0 saturated carbocycles. The maximum atomic E-state index is 11.6. The van der Waals surface area contributed by atoms with Crippen LogP contribution in [-0.4, -0.2) is 40.1 Å². The number of benzene rings is 1. The molecule has 5 nitrogen and oxygen atoms in total. The normalized spacial score (nSPS) is 14.6. The molecular formula is C10H9NO4. The minimum atomic E-state index is -0.472. The number of carbonyl (C=O) groups excluding carboxylic acids is 2. The van der Waals surface area contributed by atoms with Crippen LogP contribution in [0.2, 0.25) is 0 Å². The predicted octanol–water partition coefficient (Wildman–Crippen LogP) is -0.0195. The van der Waals surface area contributed by atoms with Crippen molar-refractivity contribution in [3.8, 4) is 5.75 Å². The Bertz CT molecular complexity index is 441. The van der Waals surface area contributed by atoms with Gasteiger partial charge >= 0.3 is 0 Å². The molecule has 78 valence electrons. The molecule has 1 aliphatic rings. The molecular weight excluding hydrogens is 198 g/mol. The lowest BCUT2D eigenvalue weighted by Crippen LogP contribution is -2.32. The highest BCUT2D eigenvalue weighted by Gasteiger charge is 2.35. The number of hydrogen-bond donors (Lipinski definition) is 2.